The zero-order chi connectivity index (χ0) is 13.9. The Hall–Kier alpha value is -2.29. The van der Waals surface area contributed by atoms with Gasteiger partial charge in [0.25, 0.3) is 5.89 Å². The molecule has 0 aromatic carbocycles. The van der Waals surface area contributed by atoms with E-state index in [1.807, 2.05) is 24.4 Å². The summed E-state index contributed by atoms with van der Waals surface area (Å²) in [5, 5.41) is 17.5. The molecular weight excluding hydrogens is 280 g/mol. The molecule has 3 aromatic rings. The van der Waals surface area contributed by atoms with Gasteiger partial charge in [-0.2, -0.15) is 4.68 Å². The lowest BCUT2D eigenvalue weighted by atomic mass is 10.5. The smallest absolute Gasteiger partial charge is 0.387 e. The van der Waals surface area contributed by atoms with Gasteiger partial charge in [-0.3, -0.25) is 0 Å². The van der Waals surface area contributed by atoms with Gasteiger partial charge < -0.3 is 4.42 Å². The molecule has 3 aromatic heterocycles. The number of aryl methyl sites for hydroxylation is 1. The molecule has 0 aliphatic carbocycles. The van der Waals surface area contributed by atoms with Crippen molar-refractivity contribution in [3.05, 3.63) is 33.9 Å². The highest BCUT2D eigenvalue weighted by molar-refractivity contribution is 7.13. The second kappa shape index (κ2) is 5.37. The molecule has 3 rings (SSSR count). The minimum absolute atomic E-state index is 0.195. The van der Waals surface area contributed by atoms with E-state index >= 15 is 0 Å². The highest BCUT2D eigenvalue weighted by Gasteiger charge is 2.14. The van der Waals surface area contributed by atoms with Crippen molar-refractivity contribution < 1.29 is 4.42 Å². The van der Waals surface area contributed by atoms with Crippen molar-refractivity contribution in [1.29, 1.82) is 0 Å². The van der Waals surface area contributed by atoms with Gasteiger partial charge in [0.1, 0.15) is 6.54 Å². The number of hydrogen-bond donors (Lipinski definition) is 0. The summed E-state index contributed by atoms with van der Waals surface area (Å²) in [6, 6.07) is 3.72. The lowest BCUT2D eigenvalue weighted by Crippen LogP contribution is -2.19. The fraction of sp³-hybridized carbons (Fsp3) is 0.364. The summed E-state index contributed by atoms with van der Waals surface area (Å²) < 4.78 is 8.02. The molecule has 0 aliphatic rings. The largest absolute Gasteiger partial charge is 0.437 e. The molecule has 20 heavy (non-hydrogen) atoms. The minimum Gasteiger partial charge on any atom is -0.387 e. The van der Waals surface area contributed by atoms with Crippen LogP contribution in [0, 0.1) is 0 Å². The van der Waals surface area contributed by atoms with Gasteiger partial charge in [0, 0.05) is 6.54 Å². The third-order valence-electron chi connectivity index (χ3n) is 2.67. The van der Waals surface area contributed by atoms with Crippen molar-refractivity contribution >= 4 is 11.3 Å². The van der Waals surface area contributed by atoms with E-state index < -0.39 is 5.76 Å². The van der Waals surface area contributed by atoms with Crippen LogP contribution in [0.1, 0.15) is 19.2 Å². The van der Waals surface area contributed by atoms with Crippen molar-refractivity contribution in [3.63, 3.8) is 0 Å². The van der Waals surface area contributed by atoms with E-state index in [1.165, 1.54) is 16.0 Å². The molecule has 0 aliphatic heterocycles. The highest BCUT2D eigenvalue weighted by Crippen LogP contribution is 2.21. The fourth-order valence-electron chi connectivity index (χ4n) is 1.76. The SMILES string of the molecule is CCCn1nnnc1Cn1nc(-c2cccs2)oc1=O. The average Bonchev–Trinajstić information content (AvgIpc) is 3.13. The van der Waals surface area contributed by atoms with Gasteiger partial charge in [-0.1, -0.05) is 13.0 Å². The standard InChI is InChI=1S/C11H12N6O2S/c1-2-5-16-9(12-14-15-16)7-17-11(18)19-10(13-17)8-4-3-6-20-8/h3-4,6H,2,5,7H2,1H3. The molecule has 104 valence electrons. The van der Waals surface area contributed by atoms with Crippen molar-refractivity contribution in [3.8, 4) is 10.8 Å². The topological polar surface area (TPSA) is 91.6 Å². The van der Waals surface area contributed by atoms with Crippen LogP contribution in [0.3, 0.4) is 0 Å². The second-order valence-corrected chi connectivity index (χ2v) is 5.07. The first kappa shape index (κ1) is 12.7. The maximum Gasteiger partial charge on any atom is 0.437 e. The van der Waals surface area contributed by atoms with Crippen LogP contribution < -0.4 is 5.76 Å². The molecule has 0 saturated heterocycles. The third kappa shape index (κ3) is 2.39. The van der Waals surface area contributed by atoms with Crippen LogP contribution in [0.4, 0.5) is 0 Å². The van der Waals surface area contributed by atoms with Crippen molar-refractivity contribution in [2.75, 3.05) is 0 Å². The number of tetrazole rings is 1. The summed E-state index contributed by atoms with van der Waals surface area (Å²) in [6.45, 7) is 2.93. The van der Waals surface area contributed by atoms with E-state index in [4.69, 9.17) is 4.42 Å². The van der Waals surface area contributed by atoms with E-state index in [9.17, 15) is 4.79 Å². The highest BCUT2D eigenvalue weighted by atomic mass is 32.1. The fourth-order valence-corrected chi connectivity index (χ4v) is 2.41. The Morgan fingerprint density at radius 3 is 3.05 bits per heavy atom. The molecule has 3 heterocycles. The van der Waals surface area contributed by atoms with E-state index in [0.29, 0.717) is 18.3 Å². The first-order chi connectivity index (χ1) is 9.78. The summed E-state index contributed by atoms with van der Waals surface area (Å²) >= 11 is 1.46. The molecule has 0 fully saturated rings. The third-order valence-corrected chi connectivity index (χ3v) is 3.53. The Bertz CT molecular complexity index is 741. The number of rotatable bonds is 5. The molecule has 0 bridgehead atoms. The lowest BCUT2D eigenvalue weighted by molar-refractivity contribution is 0.478. The van der Waals surface area contributed by atoms with E-state index in [2.05, 4.69) is 20.6 Å². The van der Waals surface area contributed by atoms with Crippen LogP contribution in [0.5, 0.6) is 0 Å². The Labute approximate surface area is 117 Å². The van der Waals surface area contributed by atoms with E-state index in [-0.39, 0.29) is 6.54 Å². The van der Waals surface area contributed by atoms with Crippen LogP contribution in [0.25, 0.3) is 10.8 Å². The van der Waals surface area contributed by atoms with Gasteiger partial charge in [-0.25, -0.2) is 9.48 Å². The maximum absolute atomic E-state index is 11.8. The molecule has 0 amide bonds. The average molecular weight is 292 g/mol. The lowest BCUT2D eigenvalue weighted by Gasteiger charge is -2.00. The predicted octanol–water partition coefficient (Wildman–Crippen LogP) is 1.01. The molecule has 0 spiro atoms. The van der Waals surface area contributed by atoms with Crippen LogP contribution in [0.2, 0.25) is 0 Å². The zero-order valence-corrected chi connectivity index (χ0v) is 11.6. The second-order valence-electron chi connectivity index (χ2n) is 4.13. The normalized spacial score (nSPS) is 11.1. The van der Waals surface area contributed by atoms with Gasteiger partial charge in [0.05, 0.1) is 4.88 Å². The van der Waals surface area contributed by atoms with Crippen LogP contribution in [0.15, 0.2) is 26.7 Å². The quantitative estimate of drug-likeness (QED) is 0.697. The molecule has 8 nitrogen and oxygen atoms in total. The van der Waals surface area contributed by atoms with Crippen LogP contribution in [-0.2, 0) is 13.1 Å². The van der Waals surface area contributed by atoms with Crippen molar-refractivity contribution in [2.45, 2.75) is 26.4 Å². The molecule has 0 saturated carbocycles. The molecule has 0 atom stereocenters. The molecule has 0 radical (unpaired) electrons. The van der Waals surface area contributed by atoms with Crippen molar-refractivity contribution in [2.24, 2.45) is 0 Å². The van der Waals surface area contributed by atoms with Crippen molar-refractivity contribution in [1.82, 2.24) is 30.0 Å². The monoisotopic (exact) mass is 292 g/mol. The summed E-state index contributed by atoms with van der Waals surface area (Å²) in [5.41, 5.74) is 0. The number of thiophene rings is 1. The molecule has 0 N–H and O–H groups in total. The van der Waals surface area contributed by atoms with Crippen LogP contribution in [-0.4, -0.2) is 30.0 Å². The van der Waals surface area contributed by atoms with E-state index in [1.54, 1.807) is 4.68 Å². The zero-order valence-electron chi connectivity index (χ0n) is 10.8. The summed E-state index contributed by atoms with van der Waals surface area (Å²) in [5.74, 6) is 0.388. The van der Waals surface area contributed by atoms with Gasteiger partial charge >= 0.3 is 5.76 Å². The first-order valence-electron chi connectivity index (χ1n) is 6.15. The van der Waals surface area contributed by atoms with Gasteiger partial charge in [0.15, 0.2) is 5.82 Å². The summed E-state index contributed by atoms with van der Waals surface area (Å²) in [7, 11) is 0. The Morgan fingerprint density at radius 2 is 2.30 bits per heavy atom. The first-order valence-corrected chi connectivity index (χ1v) is 7.02. The number of nitrogens with zero attached hydrogens (tertiary/aromatic N) is 6. The van der Waals surface area contributed by atoms with Gasteiger partial charge in [-0.15, -0.1) is 21.5 Å². The predicted molar refractivity (Wildman–Crippen MR) is 71.3 cm³/mol. The Kier molecular flexibility index (Phi) is 3.42. The van der Waals surface area contributed by atoms with E-state index in [0.717, 1.165) is 11.3 Å². The Balaban J connectivity index is 1.88. The van der Waals surface area contributed by atoms with Gasteiger partial charge in [-0.05, 0) is 28.3 Å². The molecular formula is C11H12N6O2S. The van der Waals surface area contributed by atoms with Crippen LogP contribution >= 0.6 is 11.3 Å². The minimum atomic E-state index is -0.514. The molecule has 0 unspecified atom stereocenters. The number of hydrogen-bond acceptors (Lipinski definition) is 7. The molecule has 9 heteroatoms. The van der Waals surface area contributed by atoms with Gasteiger partial charge in [0.2, 0.25) is 0 Å². The maximum atomic E-state index is 11.8. The number of aromatic nitrogens is 6. The summed E-state index contributed by atoms with van der Waals surface area (Å²) in [4.78, 5) is 12.6. The summed E-state index contributed by atoms with van der Waals surface area (Å²) in [6.07, 6.45) is 0.909. The Morgan fingerprint density at radius 1 is 1.40 bits per heavy atom.